The second kappa shape index (κ2) is 7.53. The third kappa shape index (κ3) is 3.58. The average Bonchev–Trinajstić information content (AvgIpc) is 3.52. The number of carbonyl (C=O) groups is 2. The molecular formula is C24H32N2O2. The number of benzene rings is 1. The van der Waals surface area contributed by atoms with Crippen LogP contribution >= 0.6 is 0 Å². The molecule has 0 aliphatic heterocycles. The molecule has 1 aromatic carbocycles. The summed E-state index contributed by atoms with van der Waals surface area (Å²) in [6.07, 6.45) is 10.8. The first kappa shape index (κ1) is 18.2. The SMILES string of the molecule is O=C(NC[C@@H]1C[C@@H]2CC[C@@H]1C2)c1ccc(C(=O)NC[C@H]2C[C@H]3CC[C@@H]2C3)cc1. The van der Waals surface area contributed by atoms with Gasteiger partial charge >= 0.3 is 0 Å². The van der Waals surface area contributed by atoms with Crippen molar-refractivity contribution < 1.29 is 9.59 Å². The lowest BCUT2D eigenvalue weighted by atomic mass is 9.89. The van der Waals surface area contributed by atoms with Crippen LogP contribution in [0.5, 0.6) is 0 Å². The maximum atomic E-state index is 12.5. The van der Waals surface area contributed by atoms with E-state index in [1.54, 1.807) is 24.3 Å². The first-order valence-corrected chi connectivity index (χ1v) is 11.3. The van der Waals surface area contributed by atoms with Gasteiger partial charge in [-0.2, -0.15) is 0 Å². The number of rotatable bonds is 6. The van der Waals surface area contributed by atoms with Crippen molar-refractivity contribution in [2.45, 2.75) is 51.4 Å². The van der Waals surface area contributed by atoms with E-state index in [0.717, 1.165) is 36.8 Å². The molecule has 4 fully saturated rings. The molecule has 4 nitrogen and oxygen atoms in total. The van der Waals surface area contributed by atoms with E-state index >= 15 is 0 Å². The smallest absolute Gasteiger partial charge is 0.251 e. The number of hydrogen-bond donors (Lipinski definition) is 2. The van der Waals surface area contributed by atoms with Crippen molar-refractivity contribution in [3.05, 3.63) is 35.4 Å². The Hall–Kier alpha value is -1.84. The predicted molar refractivity (Wildman–Crippen MR) is 109 cm³/mol. The topological polar surface area (TPSA) is 58.2 Å². The fourth-order valence-corrected chi connectivity index (χ4v) is 6.68. The molecule has 0 heterocycles. The van der Waals surface area contributed by atoms with Crippen LogP contribution in [0.3, 0.4) is 0 Å². The standard InChI is InChI=1S/C24H32N2O2/c27-23(25-13-21-11-15-1-3-19(21)9-15)17-5-7-18(8-6-17)24(28)26-14-22-12-16-2-4-20(22)10-16/h5-8,15-16,19-22H,1-4,9-14H2,(H,25,27)(H,26,28)/t15-,16+,19-,20-,21+,22-/m1/s1. The molecule has 0 spiro atoms. The first-order chi connectivity index (χ1) is 13.7. The predicted octanol–water partition coefficient (Wildman–Crippen LogP) is 4.02. The lowest BCUT2D eigenvalue weighted by Crippen LogP contribution is -2.32. The molecule has 150 valence electrons. The lowest BCUT2D eigenvalue weighted by molar-refractivity contribution is 0.0930. The van der Waals surface area contributed by atoms with Crippen LogP contribution < -0.4 is 10.6 Å². The second-order valence-electron chi connectivity index (χ2n) is 9.87. The van der Waals surface area contributed by atoms with E-state index < -0.39 is 0 Å². The van der Waals surface area contributed by atoms with Crippen molar-refractivity contribution in [1.82, 2.24) is 10.6 Å². The first-order valence-electron chi connectivity index (χ1n) is 11.3. The van der Waals surface area contributed by atoms with Gasteiger partial charge in [0.2, 0.25) is 0 Å². The minimum atomic E-state index is -0.0169. The van der Waals surface area contributed by atoms with Gasteiger partial charge in [0.15, 0.2) is 0 Å². The van der Waals surface area contributed by atoms with Crippen LogP contribution in [0, 0.1) is 35.5 Å². The molecule has 5 rings (SSSR count). The molecule has 1 aromatic rings. The van der Waals surface area contributed by atoms with Gasteiger partial charge in [0, 0.05) is 24.2 Å². The van der Waals surface area contributed by atoms with Gasteiger partial charge in [0.1, 0.15) is 0 Å². The molecule has 0 saturated heterocycles. The van der Waals surface area contributed by atoms with Gasteiger partial charge in [-0.25, -0.2) is 0 Å². The van der Waals surface area contributed by atoms with Gasteiger partial charge in [-0.15, -0.1) is 0 Å². The monoisotopic (exact) mass is 380 g/mol. The molecule has 2 N–H and O–H groups in total. The van der Waals surface area contributed by atoms with Crippen molar-refractivity contribution in [3.8, 4) is 0 Å². The van der Waals surface area contributed by atoms with Gasteiger partial charge in [-0.1, -0.05) is 12.8 Å². The summed E-state index contributed by atoms with van der Waals surface area (Å²) in [6, 6.07) is 7.12. The highest BCUT2D eigenvalue weighted by Crippen LogP contribution is 2.48. The largest absolute Gasteiger partial charge is 0.352 e. The summed E-state index contributed by atoms with van der Waals surface area (Å²) in [5.74, 6) is 4.76. The van der Waals surface area contributed by atoms with Crippen LogP contribution in [0.15, 0.2) is 24.3 Å². The van der Waals surface area contributed by atoms with E-state index in [2.05, 4.69) is 10.6 Å². The van der Waals surface area contributed by atoms with Gasteiger partial charge in [-0.3, -0.25) is 9.59 Å². The number of amides is 2. The molecule has 0 unspecified atom stereocenters. The Morgan fingerprint density at radius 3 is 1.43 bits per heavy atom. The third-order valence-corrected chi connectivity index (χ3v) is 8.23. The van der Waals surface area contributed by atoms with Crippen molar-refractivity contribution >= 4 is 11.8 Å². The maximum Gasteiger partial charge on any atom is 0.251 e. The van der Waals surface area contributed by atoms with Crippen LogP contribution in [0.4, 0.5) is 0 Å². The van der Waals surface area contributed by atoms with Crippen LogP contribution in [0.25, 0.3) is 0 Å². The highest BCUT2D eigenvalue weighted by molar-refractivity contribution is 5.97. The van der Waals surface area contributed by atoms with Gasteiger partial charge in [-0.05, 0) is 98.3 Å². The van der Waals surface area contributed by atoms with Crippen molar-refractivity contribution in [3.63, 3.8) is 0 Å². The summed E-state index contributed by atoms with van der Waals surface area (Å²) in [5, 5.41) is 6.23. The molecule has 4 bridgehead atoms. The maximum absolute atomic E-state index is 12.5. The minimum Gasteiger partial charge on any atom is -0.352 e. The van der Waals surface area contributed by atoms with Crippen LogP contribution in [0.2, 0.25) is 0 Å². The molecule has 0 radical (unpaired) electrons. The van der Waals surface area contributed by atoms with Gasteiger partial charge < -0.3 is 10.6 Å². The zero-order valence-electron chi connectivity index (χ0n) is 16.7. The van der Waals surface area contributed by atoms with Crippen LogP contribution in [-0.4, -0.2) is 24.9 Å². The fourth-order valence-electron chi connectivity index (χ4n) is 6.68. The molecule has 4 saturated carbocycles. The van der Waals surface area contributed by atoms with E-state index in [1.807, 2.05) is 0 Å². The number of hydrogen-bond acceptors (Lipinski definition) is 2. The Morgan fingerprint density at radius 2 is 1.11 bits per heavy atom. The third-order valence-electron chi connectivity index (χ3n) is 8.23. The molecule has 2 amide bonds. The second-order valence-corrected chi connectivity index (χ2v) is 9.87. The summed E-state index contributed by atoms with van der Waals surface area (Å²) in [6.45, 7) is 1.59. The summed E-state index contributed by atoms with van der Waals surface area (Å²) in [4.78, 5) is 24.9. The fraction of sp³-hybridized carbons (Fsp3) is 0.667. The van der Waals surface area contributed by atoms with Crippen molar-refractivity contribution in [2.75, 3.05) is 13.1 Å². The summed E-state index contributed by atoms with van der Waals surface area (Å²) in [7, 11) is 0. The van der Waals surface area contributed by atoms with Crippen LogP contribution in [-0.2, 0) is 0 Å². The van der Waals surface area contributed by atoms with Gasteiger partial charge in [0.25, 0.3) is 11.8 Å². The molecule has 4 heteroatoms. The molecule has 28 heavy (non-hydrogen) atoms. The van der Waals surface area contributed by atoms with E-state index in [9.17, 15) is 9.59 Å². The van der Waals surface area contributed by atoms with E-state index in [-0.39, 0.29) is 11.8 Å². The highest BCUT2D eigenvalue weighted by atomic mass is 16.2. The quantitative estimate of drug-likeness (QED) is 0.783. The number of nitrogens with one attached hydrogen (secondary N) is 2. The average molecular weight is 381 g/mol. The Bertz CT molecular complexity index is 680. The molecular weight excluding hydrogens is 348 g/mol. The highest BCUT2D eigenvalue weighted by Gasteiger charge is 2.40. The number of carbonyl (C=O) groups excluding carboxylic acids is 2. The molecule has 4 aliphatic rings. The summed E-state index contributed by atoms with van der Waals surface area (Å²) in [5.41, 5.74) is 1.29. The van der Waals surface area contributed by atoms with E-state index in [1.165, 1.54) is 51.4 Å². The Labute approximate surface area is 167 Å². The zero-order valence-corrected chi connectivity index (χ0v) is 16.7. The van der Waals surface area contributed by atoms with Gasteiger partial charge in [0.05, 0.1) is 0 Å². The zero-order chi connectivity index (χ0) is 19.1. The number of fused-ring (bicyclic) bond motifs is 4. The lowest BCUT2D eigenvalue weighted by Gasteiger charge is -2.22. The van der Waals surface area contributed by atoms with Crippen LogP contribution in [0.1, 0.15) is 72.1 Å². The summed E-state index contributed by atoms with van der Waals surface area (Å²) < 4.78 is 0. The van der Waals surface area contributed by atoms with E-state index in [4.69, 9.17) is 0 Å². The molecule has 4 aliphatic carbocycles. The van der Waals surface area contributed by atoms with Crippen molar-refractivity contribution in [1.29, 1.82) is 0 Å². The van der Waals surface area contributed by atoms with E-state index in [0.29, 0.717) is 23.0 Å². The van der Waals surface area contributed by atoms with Crippen molar-refractivity contribution in [2.24, 2.45) is 35.5 Å². The normalized spacial score (nSPS) is 35.3. The Balaban J connectivity index is 1.10. The Kier molecular flexibility index (Phi) is 4.90. The molecule has 0 aromatic heterocycles. The Morgan fingerprint density at radius 1 is 0.679 bits per heavy atom. The minimum absolute atomic E-state index is 0.0169. The molecule has 6 atom stereocenters. The summed E-state index contributed by atoms with van der Waals surface area (Å²) >= 11 is 0.